The molecule has 5 heteroatoms. The van der Waals surface area contributed by atoms with E-state index in [1.54, 1.807) is 6.92 Å². The fourth-order valence-corrected chi connectivity index (χ4v) is 2.53. The second kappa shape index (κ2) is 5.33. The SMILES string of the molecule is CCOC(=O)c1sc(S)nc1-c1ccccc1. The predicted molar refractivity (Wildman–Crippen MR) is 70.8 cm³/mol. The van der Waals surface area contributed by atoms with Gasteiger partial charge in [0.25, 0.3) is 0 Å². The quantitative estimate of drug-likeness (QED) is 0.684. The Morgan fingerprint density at radius 3 is 2.76 bits per heavy atom. The van der Waals surface area contributed by atoms with Gasteiger partial charge in [-0.15, -0.1) is 24.0 Å². The lowest BCUT2D eigenvalue weighted by Gasteiger charge is -2.01. The molecule has 0 amide bonds. The molecule has 0 atom stereocenters. The van der Waals surface area contributed by atoms with Gasteiger partial charge in [0.15, 0.2) is 0 Å². The van der Waals surface area contributed by atoms with Crippen molar-refractivity contribution in [2.75, 3.05) is 6.61 Å². The van der Waals surface area contributed by atoms with Crippen LogP contribution in [0, 0.1) is 0 Å². The van der Waals surface area contributed by atoms with Crippen molar-refractivity contribution in [1.82, 2.24) is 4.98 Å². The molecule has 0 aliphatic rings. The van der Waals surface area contributed by atoms with Crippen LogP contribution in [0.2, 0.25) is 0 Å². The summed E-state index contributed by atoms with van der Waals surface area (Å²) in [6.45, 7) is 2.13. The number of thiazole rings is 1. The molecule has 0 spiro atoms. The zero-order valence-corrected chi connectivity index (χ0v) is 10.9. The van der Waals surface area contributed by atoms with Gasteiger partial charge in [-0.1, -0.05) is 30.3 Å². The van der Waals surface area contributed by atoms with Crippen LogP contribution in [0.4, 0.5) is 0 Å². The highest BCUT2D eigenvalue weighted by Crippen LogP contribution is 2.30. The second-order valence-corrected chi connectivity index (χ2v) is 4.99. The third-order valence-corrected chi connectivity index (χ3v) is 3.34. The molecule has 0 radical (unpaired) electrons. The Labute approximate surface area is 109 Å². The lowest BCUT2D eigenvalue weighted by Crippen LogP contribution is -2.03. The van der Waals surface area contributed by atoms with Crippen molar-refractivity contribution < 1.29 is 9.53 Å². The van der Waals surface area contributed by atoms with Crippen LogP contribution in [-0.4, -0.2) is 17.6 Å². The van der Waals surface area contributed by atoms with Crippen molar-refractivity contribution in [3.05, 3.63) is 35.2 Å². The third-order valence-electron chi connectivity index (χ3n) is 2.12. The molecule has 0 aliphatic carbocycles. The molecule has 0 aliphatic heterocycles. The van der Waals surface area contributed by atoms with Crippen LogP contribution in [0.5, 0.6) is 0 Å². The lowest BCUT2D eigenvalue weighted by molar-refractivity contribution is 0.0532. The lowest BCUT2D eigenvalue weighted by atomic mass is 10.1. The molecule has 0 saturated carbocycles. The van der Waals surface area contributed by atoms with Crippen LogP contribution in [0.3, 0.4) is 0 Å². The van der Waals surface area contributed by atoms with E-state index < -0.39 is 0 Å². The molecule has 2 aromatic rings. The predicted octanol–water partition coefficient (Wildman–Crippen LogP) is 3.28. The summed E-state index contributed by atoms with van der Waals surface area (Å²) in [6.07, 6.45) is 0. The molecule has 0 N–H and O–H groups in total. The van der Waals surface area contributed by atoms with Crippen LogP contribution in [0.15, 0.2) is 34.7 Å². The monoisotopic (exact) mass is 265 g/mol. The van der Waals surface area contributed by atoms with Gasteiger partial charge < -0.3 is 4.74 Å². The van der Waals surface area contributed by atoms with Crippen molar-refractivity contribution in [2.45, 2.75) is 11.3 Å². The number of nitrogens with zero attached hydrogens (tertiary/aromatic N) is 1. The molecule has 0 bridgehead atoms. The molecule has 88 valence electrons. The van der Waals surface area contributed by atoms with Crippen molar-refractivity contribution in [1.29, 1.82) is 0 Å². The van der Waals surface area contributed by atoms with E-state index in [1.165, 1.54) is 11.3 Å². The van der Waals surface area contributed by atoms with Gasteiger partial charge in [-0.2, -0.15) is 0 Å². The minimum atomic E-state index is -0.343. The largest absolute Gasteiger partial charge is 0.462 e. The zero-order valence-electron chi connectivity index (χ0n) is 9.21. The molecule has 0 saturated heterocycles. The minimum Gasteiger partial charge on any atom is -0.462 e. The third kappa shape index (κ3) is 2.68. The maximum atomic E-state index is 11.8. The molecule has 17 heavy (non-hydrogen) atoms. The molecule has 0 fully saturated rings. The summed E-state index contributed by atoms with van der Waals surface area (Å²) in [6, 6.07) is 9.54. The number of benzene rings is 1. The first kappa shape index (κ1) is 12.1. The molecule has 0 unspecified atom stereocenters. The summed E-state index contributed by atoms with van der Waals surface area (Å²) in [5.74, 6) is -0.343. The van der Waals surface area contributed by atoms with Crippen molar-refractivity contribution in [3.8, 4) is 11.3 Å². The van der Waals surface area contributed by atoms with Gasteiger partial charge in [0.05, 0.1) is 12.3 Å². The number of hydrogen-bond donors (Lipinski definition) is 1. The van der Waals surface area contributed by atoms with E-state index in [0.29, 0.717) is 21.5 Å². The van der Waals surface area contributed by atoms with Gasteiger partial charge in [0, 0.05) is 5.56 Å². The first-order valence-corrected chi connectivity index (χ1v) is 6.41. The molecule has 2 rings (SSSR count). The summed E-state index contributed by atoms with van der Waals surface area (Å²) >= 11 is 5.42. The highest BCUT2D eigenvalue weighted by Gasteiger charge is 2.19. The molecule has 1 heterocycles. The van der Waals surface area contributed by atoms with Crippen molar-refractivity contribution in [3.63, 3.8) is 0 Å². The number of carbonyl (C=O) groups is 1. The Bertz CT molecular complexity index is 523. The number of carbonyl (C=O) groups excluding carboxylic acids is 1. The summed E-state index contributed by atoms with van der Waals surface area (Å²) in [5, 5.41) is 0. The standard InChI is InChI=1S/C12H11NO2S2/c1-2-15-11(14)10-9(13-12(16)17-10)8-6-4-3-5-7-8/h3-7H,2H2,1H3,(H,13,16). The fraction of sp³-hybridized carbons (Fsp3) is 0.167. The van der Waals surface area contributed by atoms with Crippen LogP contribution >= 0.6 is 24.0 Å². The van der Waals surface area contributed by atoms with Gasteiger partial charge >= 0.3 is 5.97 Å². The second-order valence-electron chi connectivity index (χ2n) is 3.26. The van der Waals surface area contributed by atoms with Crippen molar-refractivity contribution in [2.24, 2.45) is 0 Å². The number of aromatic nitrogens is 1. The van der Waals surface area contributed by atoms with E-state index in [1.807, 2.05) is 30.3 Å². The number of thiol groups is 1. The van der Waals surface area contributed by atoms with Gasteiger partial charge in [0.1, 0.15) is 9.22 Å². The molecular weight excluding hydrogens is 254 g/mol. The van der Waals surface area contributed by atoms with E-state index in [9.17, 15) is 4.79 Å². The maximum Gasteiger partial charge on any atom is 0.350 e. The topological polar surface area (TPSA) is 39.2 Å². The van der Waals surface area contributed by atoms with Gasteiger partial charge in [0.2, 0.25) is 0 Å². The van der Waals surface area contributed by atoms with E-state index in [4.69, 9.17) is 4.74 Å². The van der Waals surface area contributed by atoms with Crippen LogP contribution in [0.25, 0.3) is 11.3 Å². The number of rotatable bonds is 3. The molecular formula is C12H11NO2S2. The Kier molecular flexibility index (Phi) is 3.81. The van der Waals surface area contributed by atoms with Crippen LogP contribution in [0.1, 0.15) is 16.6 Å². The van der Waals surface area contributed by atoms with Gasteiger partial charge in [-0.3, -0.25) is 0 Å². The Hall–Kier alpha value is -1.33. The van der Waals surface area contributed by atoms with Crippen LogP contribution < -0.4 is 0 Å². The number of ether oxygens (including phenoxy) is 1. The Morgan fingerprint density at radius 1 is 1.41 bits per heavy atom. The fourth-order valence-electron chi connectivity index (χ4n) is 1.44. The van der Waals surface area contributed by atoms with E-state index in [2.05, 4.69) is 17.6 Å². The van der Waals surface area contributed by atoms with E-state index in [0.717, 1.165) is 5.56 Å². The highest BCUT2D eigenvalue weighted by atomic mass is 32.2. The summed E-state index contributed by atoms with van der Waals surface area (Å²) < 4.78 is 5.56. The van der Waals surface area contributed by atoms with E-state index >= 15 is 0 Å². The number of esters is 1. The first-order chi connectivity index (χ1) is 8.22. The van der Waals surface area contributed by atoms with E-state index in [-0.39, 0.29) is 5.97 Å². The summed E-state index contributed by atoms with van der Waals surface area (Å²) in [4.78, 5) is 16.5. The van der Waals surface area contributed by atoms with Crippen molar-refractivity contribution >= 4 is 29.9 Å². The Morgan fingerprint density at radius 2 is 2.12 bits per heavy atom. The number of hydrogen-bond acceptors (Lipinski definition) is 5. The van der Waals surface area contributed by atoms with Gasteiger partial charge in [-0.05, 0) is 6.92 Å². The average molecular weight is 265 g/mol. The Balaban J connectivity index is 2.44. The smallest absolute Gasteiger partial charge is 0.350 e. The molecule has 3 nitrogen and oxygen atoms in total. The zero-order chi connectivity index (χ0) is 12.3. The maximum absolute atomic E-state index is 11.8. The first-order valence-electron chi connectivity index (χ1n) is 5.14. The molecule has 1 aromatic heterocycles. The molecule has 1 aromatic carbocycles. The summed E-state index contributed by atoms with van der Waals surface area (Å²) in [5.41, 5.74) is 1.53. The summed E-state index contributed by atoms with van der Waals surface area (Å²) in [7, 11) is 0. The minimum absolute atomic E-state index is 0.343. The average Bonchev–Trinajstić information content (AvgIpc) is 2.73. The van der Waals surface area contributed by atoms with Gasteiger partial charge in [-0.25, -0.2) is 9.78 Å². The normalized spacial score (nSPS) is 10.2. The highest BCUT2D eigenvalue weighted by molar-refractivity contribution is 7.82. The van der Waals surface area contributed by atoms with Crippen LogP contribution in [-0.2, 0) is 4.74 Å².